The molecule has 4 rings (SSSR count). The molecule has 2 heterocycles. The molecule has 1 saturated heterocycles. The standard InChI is InChI=1S/C25H32N2O3/c1-17(2)19-9-7-18(8-10-19)5-4-6-23(28)22-12-11-21(27(22)3)20-13-14-25(15-20)16-30-24(29)26-25/h7-12,17,20H,4-6,13-16H2,1-3H3,(H,26,29)/t20-,25+/m0/s1. The molecule has 0 radical (unpaired) electrons. The van der Waals surface area contributed by atoms with Crippen LogP contribution in [-0.4, -0.2) is 28.6 Å². The van der Waals surface area contributed by atoms with Gasteiger partial charge in [0.1, 0.15) is 6.61 Å². The van der Waals surface area contributed by atoms with E-state index in [1.165, 1.54) is 16.8 Å². The molecule has 1 N–H and O–H groups in total. The van der Waals surface area contributed by atoms with Gasteiger partial charge in [-0.1, -0.05) is 38.1 Å². The lowest BCUT2D eigenvalue weighted by Crippen LogP contribution is -2.40. The summed E-state index contributed by atoms with van der Waals surface area (Å²) in [4.78, 5) is 24.3. The summed E-state index contributed by atoms with van der Waals surface area (Å²) in [7, 11) is 1.99. The summed E-state index contributed by atoms with van der Waals surface area (Å²) in [5.41, 5.74) is 4.38. The lowest BCUT2D eigenvalue weighted by Gasteiger charge is -2.20. The summed E-state index contributed by atoms with van der Waals surface area (Å²) < 4.78 is 7.19. The van der Waals surface area contributed by atoms with E-state index in [2.05, 4.69) is 54.1 Å². The van der Waals surface area contributed by atoms with Crippen LogP contribution in [0.3, 0.4) is 0 Å². The number of carbonyl (C=O) groups excluding carboxylic acids is 2. The summed E-state index contributed by atoms with van der Waals surface area (Å²) in [5, 5.41) is 2.99. The Labute approximate surface area is 178 Å². The first-order chi connectivity index (χ1) is 14.4. The molecular weight excluding hydrogens is 376 g/mol. The van der Waals surface area contributed by atoms with Gasteiger partial charge >= 0.3 is 6.09 Å². The molecule has 1 aliphatic carbocycles. The van der Waals surface area contributed by atoms with Crippen molar-refractivity contribution in [3.05, 3.63) is 58.9 Å². The Kier molecular flexibility index (Phi) is 5.72. The lowest BCUT2D eigenvalue weighted by atomic mass is 9.96. The topological polar surface area (TPSA) is 60.3 Å². The highest BCUT2D eigenvalue weighted by molar-refractivity contribution is 5.94. The van der Waals surface area contributed by atoms with Crippen LogP contribution in [0.2, 0.25) is 0 Å². The van der Waals surface area contributed by atoms with Crippen molar-refractivity contribution in [3.63, 3.8) is 0 Å². The fourth-order valence-electron chi connectivity index (χ4n) is 4.98. The predicted octanol–water partition coefficient (Wildman–Crippen LogP) is 5.10. The highest BCUT2D eigenvalue weighted by Gasteiger charge is 2.46. The third kappa shape index (κ3) is 4.16. The summed E-state index contributed by atoms with van der Waals surface area (Å²) in [6.07, 6.45) is 4.83. The lowest BCUT2D eigenvalue weighted by molar-refractivity contribution is 0.0972. The monoisotopic (exact) mass is 408 g/mol. The number of rotatable bonds is 7. The van der Waals surface area contributed by atoms with Crippen LogP contribution in [-0.2, 0) is 18.2 Å². The molecule has 1 aliphatic heterocycles. The maximum atomic E-state index is 12.8. The van der Waals surface area contributed by atoms with Crippen molar-refractivity contribution in [3.8, 4) is 0 Å². The van der Waals surface area contributed by atoms with Crippen LogP contribution in [0.5, 0.6) is 0 Å². The number of Topliss-reactive ketones (excluding diaryl/α,β-unsaturated/α-hetero) is 1. The quantitative estimate of drug-likeness (QED) is 0.649. The summed E-state index contributed by atoms with van der Waals surface area (Å²) in [6, 6.07) is 12.8. The van der Waals surface area contributed by atoms with Crippen molar-refractivity contribution in [1.82, 2.24) is 9.88 Å². The molecule has 1 aromatic carbocycles. The first-order valence-corrected chi connectivity index (χ1v) is 11.1. The molecule has 2 aromatic rings. The van der Waals surface area contributed by atoms with Crippen LogP contribution >= 0.6 is 0 Å². The molecule has 1 aromatic heterocycles. The number of alkyl carbamates (subject to hydrolysis) is 1. The molecule has 1 amide bonds. The highest BCUT2D eigenvalue weighted by atomic mass is 16.6. The third-order valence-corrected chi connectivity index (χ3v) is 6.84. The van der Waals surface area contributed by atoms with Crippen molar-refractivity contribution in [1.29, 1.82) is 0 Å². The van der Waals surface area contributed by atoms with Gasteiger partial charge in [-0.25, -0.2) is 4.79 Å². The van der Waals surface area contributed by atoms with Gasteiger partial charge in [0.25, 0.3) is 0 Å². The zero-order chi connectivity index (χ0) is 21.3. The second-order valence-corrected chi connectivity index (χ2v) is 9.30. The van der Waals surface area contributed by atoms with E-state index in [1.807, 2.05) is 13.1 Å². The van der Waals surface area contributed by atoms with Gasteiger partial charge in [0.15, 0.2) is 5.78 Å². The second-order valence-electron chi connectivity index (χ2n) is 9.30. The number of aromatic nitrogens is 1. The number of cyclic esters (lactones) is 1. The van der Waals surface area contributed by atoms with E-state index in [9.17, 15) is 9.59 Å². The SMILES string of the molecule is CC(C)c1ccc(CCCC(=O)c2ccc([C@H]3CC[C@]4(COC(=O)N4)C3)n2C)cc1. The molecule has 2 atom stereocenters. The van der Waals surface area contributed by atoms with Gasteiger partial charge in [-0.15, -0.1) is 0 Å². The molecule has 2 aliphatic rings. The third-order valence-electron chi connectivity index (χ3n) is 6.84. The van der Waals surface area contributed by atoms with Crippen LogP contribution in [0.4, 0.5) is 4.79 Å². The second kappa shape index (κ2) is 8.29. The molecule has 2 fully saturated rings. The molecular formula is C25H32N2O3. The summed E-state index contributed by atoms with van der Waals surface area (Å²) in [5.74, 6) is 1.09. The van der Waals surface area contributed by atoms with E-state index in [0.717, 1.165) is 37.8 Å². The van der Waals surface area contributed by atoms with Crippen LogP contribution in [0, 0.1) is 0 Å². The summed E-state index contributed by atoms with van der Waals surface area (Å²) >= 11 is 0. The Morgan fingerprint density at radius 2 is 2.00 bits per heavy atom. The van der Waals surface area contributed by atoms with Crippen molar-refractivity contribution in [2.45, 2.75) is 69.7 Å². The van der Waals surface area contributed by atoms with Gasteiger partial charge in [-0.3, -0.25) is 4.79 Å². The van der Waals surface area contributed by atoms with Crippen molar-refractivity contribution >= 4 is 11.9 Å². The number of nitrogens with one attached hydrogen (secondary N) is 1. The number of hydrogen-bond donors (Lipinski definition) is 1. The maximum Gasteiger partial charge on any atom is 0.407 e. The van der Waals surface area contributed by atoms with Crippen LogP contribution in [0.1, 0.15) is 85.1 Å². The van der Waals surface area contributed by atoms with Gasteiger partial charge in [-0.05, 0) is 61.3 Å². The van der Waals surface area contributed by atoms with E-state index < -0.39 is 0 Å². The maximum absolute atomic E-state index is 12.8. The number of amides is 1. The van der Waals surface area contributed by atoms with Crippen molar-refractivity contribution < 1.29 is 14.3 Å². The van der Waals surface area contributed by atoms with E-state index in [1.54, 1.807) is 0 Å². The van der Waals surface area contributed by atoms with E-state index in [0.29, 0.717) is 24.9 Å². The normalized spacial score (nSPS) is 23.2. The van der Waals surface area contributed by atoms with Crippen LogP contribution in [0.25, 0.3) is 0 Å². The number of aryl methyl sites for hydroxylation is 1. The van der Waals surface area contributed by atoms with Crippen LogP contribution < -0.4 is 5.32 Å². The number of carbonyl (C=O) groups is 2. The molecule has 5 heteroatoms. The van der Waals surface area contributed by atoms with E-state index in [-0.39, 0.29) is 17.4 Å². The Hall–Kier alpha value is -2.56. The fourth-order valence-corrected chi connectivity index (χ4v) is 4.98. The van der Waals surface area contributed by atoms with Crippen LogP contribution in [0.15, 0.2) is 36.4 Å². The average molecular weight is 409 g/mol. The van der Waals surface area contributed by atoms with Gasteiger partial charge in [0.2, 0.25) is 0 Å². The molecule has 1 spiro atoms. The molecule has 0 unspecified atom stereocenters. The summed E-state index contributed by atoms with van der Waals surface area (Å²) in [6.45, 7) is 4.85. The minimum atomic E-state index is -0.308. The molecule has 1 saturated carbocycles. The number of nitrogens with zero attached hydrogens (tertiary/aromatic N) is 1. The van der Waals surface area contributed by atoms with E-state index in [4.69, 9.17) is 4.74 Å². The van der Waals surface area contributed by atoms with Gasteiger partial charge in [0, 0.05) is 25.1 Å². The Morgan fingerprint density at radius 3 is 2.67 bits per heavy atom. The smallest absolute Gasteiger partial charge is 0.407 e. The fraction of sp³-hybridized carbons (Fsp3) is 0.520. The first-order valence-electron chi connectivity index (χ1n) is 11.1. The zero-order valence-corrected chi connectivity index (χ0v) is 18.2. The minimum Gasteiger partial charge on any atom is -0.447 e. The number of benzene rings is 1. The number of hydrogen-bond acceptors (Lipinski definition) is 3. The largest absolute Gasteiger partial charge is 0.447 e. The molecule has 160 valence electrons. The first kappa shape index (κ1) is 20.7. The highest BCUT2D eigenvalue weighted by Crippen LogP contribution is 2.43. The van der Waals surface area contributed by atoms with Gasteiger partial charge < -0.3 is 14.6 Å². The van der Waals surface area contributed by atoms with Crippen molar-refractivity contribution in [2.24, 2.45) is 7.05 Å². The predicted molar refractivity (Wildman–Crippen MR) is 117 cm³/mol. The Balaban J connectivity index is 1.33. The molecule has 30 heavy (non-hydrogen) atoms. The minimum absolute atomic E-state index is 0.202. The zero-order valence-electron chi connectivity index (χ0n) is 18.2. The molecule has 0 bridgehead atoms. The van der Waals surface area contributed by atoms with E-state index >= 15 is 0 Å². The van der Waals surface area contributed by atoms with Crippen molar-refractivity contribution in [2.75, 3.05) is 6.61 Å². The average Bonchev–Trinajstić information content (AvgIpc) is 3.41. The Morgan fingerprint density at radius 1 is 1.23 bits per heavy atom. The number of ether oxygens (including phenoxy) is 1. The Bertz CT molecular complexity index is 928. The van der Waals surface area contributed by atoms with Gasteiger partial charge in [-0.2, -0.15) is 0 Å². The van der Waals surface area contributed by atoms with Gasteiger partial charge in [0.05, 0.1) is 11.2 Å². The number of ketones is 1. The molecule has 5 nitrogen and oxygen atoms in total.